The second-order valence-corrected chi connectivity index (χ2v) is 4.06. The standard InChI is InChI=1S/C13H16N4O2/c1-19-12-8-10(2-3-11(12)14)16-13(18)4-6-17-7-5-15-9-17/h2-3,5,7-9H,4,6,14H2,1H3,(H,16,18). The summed E-state index contributed by atoms with van der Waals surface area (Å²) in [6.07, 6.45) is 5.56. The van der Waals surface area contributed by atoms with Crippen LogP contribution in [0.1, 0.15) is 6.42 Å². The number of methoxy groups -OCH3 is 1. The van der Waals surface area contributed by atoms with E-state index in [1.54, 1.807) is 30.7 Å². The number of nitrogens with zero attached hydrogens (tertiary/aromatic N) is 2. The molecule has 0 fully saturated rings. The van der Waals surface area contributed by atoms with Crippen molar-refractivity contribution in [3.8, 4) is 5.75 Å². The minimum Gasteiger partial charge on any atom is -0.495 e. The van der Waals surface area contributed by atoms with Crippen LogP contribution in [-0.2, 0) is 11.3 Å². The average Bonchev–Trinajstić information content (AvgIpc) is 2.92. The summed E-state index contributed by atoms with van der Waals surface area (Å²) >= 11 is 0. The number of benzene rings is 1. The fourth-order valence-corrected chi connectivity index (χ4v) is 1.66. The number of amides is 1. The molecule has 0 bridgehead atoms. The molecule has 0 spiro atoms. The largest absolute Gasteiger partial charge is 0.495 e. The molecule has 1 amide bonds. The third-order valence-electron chi connectivity index (χ3n) is 2.67. The molecule has 6 heteroatoms. The molecule has 1 heterocycles. The van der Waals surface area contributed by atoms with Gasteiger partial charge in [0.15, 0.2) is 0 Å². The van der Waals surface area contributed by atoms with E-state index in [-0.39, 0.29) is 5.91 Å². The first-order valence-electron chi connectivity index (χ1n) is 5.88. The van der Waals surface area contributed by atoms with Crippen molar-refractivity contribution in [3.05, 3.63) is 36.9 Å². The Labute approximate surface area is 111 Å². The van der Waals surface area contributed by atoms with Gasteiger partial charge in [-0.2, -0.15) is 0 Å². The Morgan fingerprint density at radius 2 is 2.37 bits per heavy atom. The van der Waals surface area contributed by atoms with Crippen molar-refractivity contribution in [2.75, 3.05) is 18.2 Å². The maximum Gasteiger partial charge on any atom is 0.226 e. The van der Waals surface area contributed by atoms with Gasteiger partial charge in [-0.05, 0) is 12.1 Å². The number of rotatable bonds is 5. The second kappa shape index (κ2) is 5.90. The Kier molecular flexibility index (Phi) is 4.02. The predicted molar refractivity (Wildman–Crippen MR) is 72.9 cm³/mol. The number of nitrogen functional groups attached to an aromatic ring is 1. The number of imidazole rings is 1. The van der Waals surface area contributed by atoms with Crippen molar-refractivity contribution in [3.63, 3.8) is 0 Å². The predicted octanol–water partition coefficient (Wildman–Crippen LogP) is 1.50. The van der Waals surface area contributed by atoms with Crippen molar-refractivity contribution < 1.29 is 9.53 Å². The van der Waals surface area contributed by atoms with Gasteiger partial charge in [-0.15, -0.1) is 0 Å². The summed E-state index contributed by atoms with van der Waals surface area (Å²) in [6, 6.07) is 5.14. The molecule has 0 unspecified atom stereocenters. The van der Waals surface area contributed by atoms with Crippen LogP contribution in [0, 0.1) is 0 Å². The zero-order chi connectivity index (χ0) is 13.7. The lowest BCUT2D eigenvalue weighted by molar-refractivity contribution is -0.116. The van der Waals surface area contributed by atoms with E-state index in [0.29, 0.717) is 30.1 Å². The van der Waals surface area contributed by atoms with Crippen LogP contribution < -0.4 is 15.8 Å². The average molecular weight is 260 g/mol. The Bertz CT molecular complexity index is 552. The number of hydrogen-bond donors (Lipinski definition) is 2. The highest BCUT2D eigenvalue weighted by molar-refractivity contribution is 5.91. The highest BCUT2D eigenvalue weighted by Gasteiger charge is 2.05. The van der Waals surface area contributed by atoms with E-state index in [9.17, 15) is 4.79 Å². The van der Waals surface area contributed by atoms with Gasteiger partial charge in [0.05, 0.1) is 19.1 Å². The lowest BCUT2D eigenvalue weighted by Crippen LogP contribution is -2.14. The zero-order valence-electron chi connectivity index (χ0n) is 10.7. The van der Waals surface area contributed by atoms with Gasteiger partial charge < -0.3 is 20.4 Å². The number of ether oxygens (including phenoxy) is 1. The summed E-state index contributed by atoms with van der Waals surface area (Å²) in [4.78, 5) is 15.7. The normalized spacial score (nSPS) is 10.2. The van der Waals surface area contributed by atoms with Crippen molar-refractivity contribution >= 4 is 17.3 Å². The maximum absolute atomic E-state index is 11.8. The SMILES string of the molecule is COc1cc(NC(=O)CCn2ccnc2)ccc1N. The molecule has 19 heavy (non-hydrogen) atoms. The van der Waals surface area contributed by atoms with E-state index in [0.717, 1.165) is 0 Å². The Morgan fingerprint density at radius 3 is 3.05 bits per heavy atom. The van der Waals surface area contributed by atoms with Crippen LogP contribution in [0.5, 0.6) is 5.75 Å². The Hall–Kier alpha value is -2.50. The number of carbonyl (C=O) groups excluding carboxylic acids is 1. The molecule has 0 radical (unpaired) electrons. The Balaban J connectivity index is 1.91. The third-order valence-corrected chi connectivity index (χ3v) is 2.67. The number of nitrogens with one attached hydrogen (secondary N) is 1. The molecule has 1 aromatic carbocycles. The molecular weight excluding hydrogens is 244 g/mol. The van der Waals surface area contributed by atoms with Gasteiger partial charge in [-0.1, -0.05) is 0 Å². The first-order valence-corrected chi connectivity index (χ1v) is 5.88. The third kappa shape index (κ3) is 3.48. The number of carbonyl (C=O) groups is 1. The molecule has 0 saturated heterocycles. The molecule has 0 aliphatic carbocycles. The van der Waals surface area contributed by atoms with E-state index < -0.39 is 0 Å². The van der Waals surface area contributed by atoms with Crippen molar-refractivity contribution in [1.82, 2.24) is 9.55 Å². The molecule has 100 valence electrons. The van der Waals surface area contributed by atoms with Crippen LogP contribution in [0.3, 0.4) is 0 Å². The van der Waals surface area contributed by atoms with E-state index in [1.165, 1.54) is 7.11 Å². The molecular formula is C13H16N4O2. The first-order chi connectivity index (χ1) is 9.19. The summed E-state index contributed by atoms with van der Waals surface area (Å²) in [5.41, 5.74) is 6.91. The molecule has 2 rings (SSSR count). The van der Waals surface area contributed by atoms with Crippen LogP contribution in [0.2, 0.25) is 0 Å². The molecule has 0 atom stereocenters. The molecule has 0 aliphatic rings. The molecule has 3 N–H and O–H groups in total. The summed E-state index contributed by atoms with van der Waals surface area (Å²) < 4.78 is 6.95. The molecule has 0 aliphatic heterocycles. The highest BCUT2D eigenvalue weighted by atomic mass is 16.5. The zero-order valence-corrected chi connectivity index (χ0v) is 10.7. The highest BCUT2D eigenvalue weighted by Crippen LogP contribution is 2.24. The number of hydrogen-bond acceptors (Lipinski definition) is 4. The number of nitrogens with two attached hydrogens (primary N) is 1. The van der Waals surface area contributed by atoms with Gasteiger partial charge in [0, 0.05) is 37.1 Å². The van der Waals surface area contributed by atoms with E-state index in [2.05, 4.69) is 10.3 Å². The van der Waals surface area contributed by atoms with Crippen LogP contribution >= 0.6 is 0 Å². The maximum atomic E-state index is 11.8. The van der Waals surface area contributed by atoms with E-state index >= 15 is 0 Å². The minimum atomic E-state index is -0.0690. The van der Waals surface area contributed by atoms with Gasteiger partial charge in [0.25, 0.3) is 0 Å². The van der Waals surface area contributed by atoms with Crippen molar-refractivity contribution in [2.24, 2.45) is 0 Å². The van der Waals surface area contributed by atoms with E-state index in [1.807, 2.05) is 10.8 Å². The van der Waals surface area contributed by atoms with Crippen LogP contribution in [-0.4, -0.2) is 22.6 Å². The van der Waals surface area contributed by atoms with E-state index in [4.69, 9.17) is 10.5 Å². The van der Waals surface area contributed by atoms with Gasteiger partial charge >= 0.3 is 0 Å². The summed E-state index contributed by atoms with van der Waals surface area (Å²) in [7, 11) is 1.54. The van der Waals surface area contributed by atoms with Gasteiger partial charge in [0.1, 0.15) is 5.75 Å². The van der Waals surface area contributed by atoms with Crippen LogP contribution in [0.25, 0.3) is 0 Å². The topological polar surface area (TPSA) is 82.2 Å². The second-order valence-electron chi connectivity index (χ2n) is 4.06. The summed E-state index contributed by atoms with van der Waals surface area (Å²) in [5, 5.41) is 2.80. The minimum absolute atomic E-state index is 0.0690. The smallest absolute Gasteiger partial charge is 0.226 e. The lowest BCUT2D eigenvalue weighted by Gasteiger charge is -2.09. The monoisotopic (exact) mass is 260 g/mol. The fraction of sp³-hybridized carbons (Fsp3) is 0.231. The molecule has 2 aromatic rings. The van der Waals surface area contributed by atoms with Crippen molar-refractivity contribution in [2.45, 2.75) is 13.0 Å². The molecule has 6 nitrogen and oxygen atoms in total. The van der Waals surface area contributed by atoms with Crippen LogP contribution in [0.15, 0.2) is 36.9 Å². The summed E-state index contributed by atoms with van der Waals surface area (Å²) in [6.45, 7) is 0.595. The van der Waals surface area contributed by atoms with Gasteiger partial charge in [-0.3, -0.25) is 4.79 Å². The van der Waals surface area contributed by atoms with Gasteiger partial charge in [-0.25, -0.2) is 4.98 Å². The Morgan fingerprint density at radius 1 is 1.53 bits per heavy atom. The number of aromatic nitrogens is 2. The number of aryl methyl sites for hydroxylation is 1. The fourth-order valence-electron chi connectivity index (χ4n) is 1.66. The molecule has 1 aromatic heterocycles. The molecule has 0 saturated carbocycles. The quantitative estimate of drug-likeness (QED) is 0.798. The van der Waals surface area contributed by atoms with Crippen LogP contribution in [0.4, 0.5) is 11.4 Å². The lowest BCUT2D eigenvalue weighted by atomic mass is 10.2. The first kappa shape index (κ1) is 12.9. The van der Waals surface area contributed by atoms with Crippen molar-refractivity contribution in [1.29, 1.82) is 0 Å². The summed E-state index contributed by atoms with van der Waals surface area (Å²) in [5.74, 6) is 0.480. The van der Waals surface area contributed by atoms with Gasteiger partial charge in [0.2, 0.25) is 5.91 Å². The number of anilines is 2.